The zero-order chi connectivity index (χ0) is 27.0. The van der Waals surface area contributed by atoms with Crippen molar-refractivity contribution < 1.29 is 4.39 Å². The smallest absolute Gasteiger partial charge is 0.124 e. The van der Waals surface area contributed by atoms with Gasteiger partial charge in [0, 0.05) is 42.0 Å². The molecular weight excluding hydrogens is 495 g/mol. The highest BCUT2D eigenvalue weighted by atomic mass is 32.2. The summed E-state index contributed by atoms with van der Waals surface area (Å²) >= 11 is 0. The Kier molecular flexibility index (Phi) is 6.69. The first-order valence-electron chi connectivity index (χ1n) is 12.1. The molecule has 38 heavy (non-hydrogen) atoms. The molecule has 5 rings (SSSR count). The maximum Gasteiger partial charge on any atom is 0.124 e. The van der Waals surface area contributed by atoms with E-state index in [1.807, 2.05) is 50.8 Å². The number of aromatic nitrogens is 5. The van der Waals surface area contributed by atoms with E-state index < -0.39 is 9.39 Å². The van der Waals surface area contributed by atoms with Crippen LogP contribution in [0.5, 0.6) is 0 Å². The van der Waals surface area contributed by atoms with Crippen molar-refractivity contribution in [1.29, 1.82) is 0 Å². The molecule has 0 bridgehead atoms. The maximum atomic E-state index is 14.7. The molecule has 5 aromatic rings. The summed E-state index contributed by atoms with van der Waals surface area (Å²) in [4.78, 5) is 3.49. The first-order valence-corrected chi connectivity index (χ1v) is 14.5. The molecule has 0 fully saturated rings. The number of hydrogen-bond acceptors (Lipinski definition) is 3. The second kappa shape index (κ2) is 9.96. The highest BCUT2D eigenvalue weighted by Gasteiger charge is 2.17. The molecule has 0 spiro atoms. The Labute approximate surface area is 222 Å². The van der Waals surface area contributed by atoms with Crippen molar-refractivity contribution in [2.45, 2.75) is 13.5 Å². The lowest BCUT2D eigenvalue weighted by molar-refractivity contribution is 0.624. The van der Waals surface area contributed by atoms with E-state index in [4.69, 9.17) is 0 Å². The molecule has 0 atom stereocenters. The van der Waals surface area contributed by atoms with Crippen LogP contribution in [0.25, 0.3) is 39.0 Å². The van der Waals surface area contributed by atoms with Crippen molar-refractivity contribution in [3.05, 3.63) is 102 Å². The fraction of sp³-hybridized carbons (Fsp3) is 0.133. The van der Waals surface area contributed by atoms with Crippen LogP contribution in [0.3, 0.4) is 0 Å². The highest BCUT2D eigenvalue weighted by molar-refractivity contribution is 8.25. The molecule has 0 unspecified atom stereocenters. The van der Waals surface area contributed by atoms with E-state index >= 15 is 0 Å². The van der Waals surface area contributed by atoms with Gasteiger partial charge in [0.05, 0.1) is 17.4 Å². The topological polar surface area (TPSA) is 74.3 Å². The number of aromatic amines is 2. The van der Waals surface area contributed by atoms with E-state index in [-0.39, 0.29) is 5.82 Å². The van der Waals surface area contributed by atoms with Crippen LogP contribution in [-0.2, 0) is 13.6 Å². The molecule has 194 valence electrons. The van der Waals surface area contributed by atoms with E-state index in [0.717, 1.165) is 61.4 Å². The Hall–Kier alpha value is -4.14. The van der Waals surface area contributed by atoms with E-state index in [0.29, 0.717) is 6.54 Å². The number of hydrogen-bond donors (Lipinski definition) is 3. The summed E-state index contributed by atoms with van der Waals surface area (Å²) < 4.78 is 19.8. The lowest BCUT2D eigenvalue weighted by Crippen LogP contribution is -2.08. The number of aryl methyl sites for hydroxylation is 2. The third-order valence-electron chi connectivity index (χ3n) is 6.34. The van der Waals surface area contributed by atoms with Crippen molar-refractivity contribution in [2.24, 2.45) is 7.05 Å². The second-order valence-corrected chi connectivity index (χ2v) is 12.6. The molecule has 0 saturated heterocycles. The van der Waals surface area contributed by atoms with Gasteiger partial charge in [0.1, 0.15) is 11.5 Å². The summed E-state index contributed by atoms with van der Waals surface area (Å²) in [6.07, 6.45) is 9.43. The summed E-state index contributed by atoms with van der Waals surface area (Å²) in [6, 6.07) is 13.4. The number of rotatable bonds is 8. The van der Waals surface area contributed by atoms with Crippen molar-refractivity contribution in [3.8, 4) is 22.5 Å². The summed E-state index contributed by atoms with van der Waals surface area (Å²) in [5.41, 5.74) is 9.10. The van der Waals surface area contributed by atoms with Gasteiger partial charge in [-0.3, -0.25) is 14.5 Å². The van der Waals surface area contributed by atoms with Crippen LogP contribution < -0.4 is 4.72 Å². The number of fused-ring (bicyclic) bond motifs is 1. The standard InChI is InChI=1S/C30H31FN6S/c1-7-8-25(22-11-20(12-24(31)13-22)16-33-38(4,5)6)26-15-29(34-19(26)2)30-27-14-21(9-10-28(27)35-36-30)23-17-32-37(3)18-23/h7-15,17-18,33-34H,1,4-5,16H2,2-3,6H3,(H,35,36)/b25-8-. The Morgan fingerprint density at radius 2 is 1.97 bits per heavy atom. The predicted octanol–water partition coefficient (Wildman–Crippen LogP) is 6.33. The number of H-pyrrole nitrogens is 2. The second-order valence-electron chi connectivity index (χ2n) is 9.72. The zero-order valence-corrected chi connectivity index (χ0v) is 22.6. The first kappa shape index (κ1) is 25.5. The van der Waals surface area contributed by atoms with E-state index in [1.165, 1.54) is 6.07 Å². The number of allylic oxidation sites excluding steroid dienone is 2. The summed E-state index contributed by atoms with van der Waals surface area (Å²) in [5, 5.41) is 13.1. The van der Waals surface area contributed by atoms with Gasteiger partial charge in [-0.25, -0.2) is 4.39 Å². The van der Waals surface area contributed by atoms with Crippen molar-refractivity contribution in [2.75, 3.05) is 6.26 Å². The van der Waals surface area contributed by atoms with Gasteiger partial charge in [-0.15, -0.1) is 0 Å². The zero-order valence-electron chi connectivity index (χ0n) is 21.8. The SMILES string of the molecule is C=C/C=C(/c1cc(F)cc(CNS(=C)(=C)C)c1)c1cc(-c2n[nH]c3ccc(-c4cnn(C)c4)cc23)[nH]c1C. The van der Waals surface area contributed by atoms with Gasteiger partial charge in [-0.1, -0.05) is 36.5 Å². The average Bonchev–Trinajstić information content (AvgIpc) is 3.58. The molecule has 6 nitrogen and oxygen atoms in total. The predicted molar refractivity (Wildman–Crippen MR) is 161 cm³/mol. The van der Waals surface area contributed by atoms with Gasteiger partial charge in [0.2, 0.25) is 0 Å². The minimum atomic E-state index is -1.42. The molecule has 0 radical (unpaired) electrons. The molecule has 0 saturated carbocycles. The normalized spacial score (nSPS) is 12.4. The highest BCUT2D eigenvalue weighted by Crippen LogP contribution is 2.35. The third-order valence-corrected chi connectivity index (χ3v) is 7.18. The summed E-state index contributed by atoms with van der Waals surface area (Å²) in [7, 11) is 0.484. The van der Waals surface area contributed by atoms with Crippen molar-refractivity contribution in [3.63, 3.8) is 0 Å². The molecule has 0 amide bonds. The van der Waals surface area contributed by atoms with Crippen LogP contribution in [0.2, 0.25) is 0 Å². The van der Waals surface area contributed by atoms with Crippen molar-refractivity contribution >= 4 is 37.6 Å². The largest absolute Gasteiger partial charge is 0.357 e. The van der Waals surface area contributed by atoms with Gasteiger partial charge in [0.15, 0.2) is 0 Å². The number of nitrogens with one attached hydrogen (secondary N) is 3. The van der Waals surface area contributed by atoms with Crippen LogP contribution >= 0.6 is 9.39 Å². The van der Waals surface area contributed by atoms with Crippen LogP contribution in [-0.4, -0.2) is 43.0 Å². The van der Waals surface area contributed by atoms with Gasteiger partial charge in [-0.05, 0) is 71.8 Å². The Morgan fingerprint density at radius 3 is 2.68 bits per heavy atom. The molecule has 0 aliphatic carbocycles. The van der Waals surface area contributed by atoms with E-state index in [9.17, 15) is 4.39 Å². The van der Waals surface area contributed by atoms with Crippen LogP contribution in [0, 0.1) is 12.7 Å². The van der Waals surface area contributed by atoms with Gasteiger partial charge >= 0.3 is 0 Å². The van der Waals surface area contributed by atoms with Gasteiger partial charge in [0.25, 0.3) is 0 Å². The monoisotopic (exact) mass is 526 g/mol. The van der Waals surface area contributed by atoms with Crippen molar-refractivity contribution in [1.82, 2.24) is 29.7 Å². The van der Waals surface area contributed by atoms with E-state index in [2.05, 4.69) is 61.5 Å². The fourth-order valence-electron chi connectivity index (χ4n) is 4.56. The quantitative estimate of drug-likeness (QED) is 0.163. The summed E-state index contributed by atoms with van der Waals surface area (Å²) in [5.74, 6) is 7.81. The van der Waals surface area contributed by atoms with E-state index in [1.54, 1.807) is 16.8 Å². The minimum absolute atomic E-state index is 0.297. The van der Waals surface area contributed by atoms with Gasteiger partial charge in [-0.2, -0.15) is 19.6 Å². The number of halogens is 1. The Bertz CT molecular complexity index is 1800. The lowest BCUT2D eigenvalue weighted by atomic mass is 9.95. The lowest BCUT2D eigenvalue weighted by Gasteiger charge is -2.13. The molecule has 0 aliphatic heterocycles. The molecule has 3 N–H and O–H groups in total. The van der Waals surface area contributed by atoms with Crippen LogP contribution in [0.15, 0.2) is 73.6 Å². The molecule has 8 heteroatoms. The molecule has 2 aromatic carbocycles. The molecule has 3 heterocycles. The van der Waals surface area contributed by atoms with Crippen LogP contribution in [0.4, 0.5) is 4.39 Å². The Morgan fingerprint density at radius 1 is 1.16 bits per heavy atom. The molecular formula is C30H31FN6S. The molecule has 3 aromatic heterocycles. The van der Waals surface area contributed by atoms with Crippen LogP contribution in [0.1, 0.15) is 22.4 Å². The third kappa shape index (κ3) is 5.27. The average molecular weight is 527 g/mol. The minimum Gasteiger partial charge on any atom is -0.357 e. The number of benzene rings is 2. The Balaban J connectivity index is 1.56. The first-order chi connectivity index (χ1) is 18.1. The number of nitrogens with zero attached hydrogens (tertiary/aromatic N) is 3. The maximum absolute atomic E-state index is 14.7. The molecule has 0 aliphatic rings. The summed E-state index contributed by atoms with van der Waals surface area (Å²) in [6.45, 7) is 6.40. The fourth-order valence-corrected chi connectivity index (χ4v) is 5.07. The van der Waals surface area contributed by atoms with Gasteiger partial charge < -0.3 is 4.98 Å².